The molecule has 0 bridgehead atoms. The molecule has 4 rings (SSSR count). The molecule has 130 valence electrons. The number of rotatable bonds is 5. The van der Waals surface area contributed by atoms with E-state index in [-0.39, 0.29) is 18.2 Å². The number of fused-ring (bicyclic) bond motifs is 2. The van der Waals surface area contributed by atoms with Crippen molar-refractivity contribution in [1.82, 2.24) is 9.97 Å². The standard InChI is InChI=1S/C19H13FN2O3S/c20-14-8-7-12(18-13(14)4-3-9-21-18)10-24-17(23)11-26-19-22-15-5-1-2-6-16(15)25-19/h1-9H,10-11H2. The number of ether oxygens (including phenoxy) is 1. The molecule has 0 atom stereocenters. The maximum absolute atomic E-state index is 13.8. The van der Waals surface area contributed by atoms with Crippen LogP contribution in [0.25, 0.3) is 22.0 Å². The second-order valence-electron chi connectivity index (χ2n) is 5.50. The van der Waals surface area contributed by atoms with Gasteiger partial charge in [-0.25, -0.2) is 9.37 Å². The third kappa shape index (κ3) is 3.39. The number of oxazole rings is 1. The summed E-state index contributed by atoms with van der Waals surface area (Å²) in [5.41, 5.74) is 2.56. The fraction of sp³-hybridized carbons (Fsp3) is 0.105. The predicted molar refractivity (Wildman–Crippen MR) is 96.2 cm³/mol. The smallest absolute Gasteiger partial charge is 0.316 e. The molecule has 0 unspecified atom stereocenters. The Balaban J connectivity index is 1.39. The van der Waals surface area contributed by atoms with E-state index >= 15 is 0 Å². The van der Waals surface area contributed by atoms with Gasteiger partial charge in [-0.2, -0.15) is 0 Å². The highest BCUT2D eigenvalue weighted by Crippen LogP contribution is 2.24. The second-order valence-corrected chi connectivity index (χ2v) is 6.43. The molecule has 0 N–H and O–H groups in total. The summed E-state index contributed by atoms with van der Waals surface area (Å²) in [5.74, 6) is -0.695. The Labute approximate surface area is 152 Å². The monoisotopic (exact) mass is 368 g/mol. The van der Waals surface area contributed by atoms with Crippen LogP contribution < -0.4 is 0 Å². The Morgan fingerprint density at radius 1 is 1.15 bits per heavy atom. The van der Waals surface area contributed by atoms with Gasteiger partial charge in [0, 0.05) is 17.1 Å². The zero-order valence-electron chi connectivity index (χ0n) is 13.5. The number of thioether (sulfide) groups is 1. The van der Waals surface area contributed by atoms with E-state index in [1.54, 1.807) is 24.4 Å². The molecular formula is C19H13FN2O3S. The van der Waals surface area contributed by atoms with Crippen molar-refractivity contribution in [3.05, 3.63) is 66.1 Å². The van der Waals surface area contributed by atoms with Gasteiger partial charge in [-0.3, -0.25) is 9.78 Å². The van der Waals surface area contributed by atoms with Crippen molar-refractivity contribution in [1.29, 1.82) is 0 Å². The van der Waals surface area contributed by atoms with Gasteiger partial charge in [-0.1, -0.05) is 30.0 Å². The maximum atomic E-state index is 13.8. The number of hydrogen-bond donors (Lipinski definition) is 0. The molecule has 0 saturated heterocycles. The fourth-order valence-corrected chi connectivity index (χ4v) is 3.18. The summed E-state index contributed by atoms with van der Waals surface area (Å²) < 4.78 is 24.6. The molecule has 7 heteroatoms. The first-order valence-corrected chi connectivity index (χ1v) is 8.85. The van der Waals surface area contributed by atoms with E-state index < -0.39 is 5.97 Å². The lowest BCUT2D eigenvalue weighted by Crippen LogP contribution is -2.08. The summed E-state index contributed by atoms with van der Waals surface area (Å²) in [4.78, 5) is 20.5. The minimum absolute atomic E-state index is 0.0285. The summed E-state index contributed by atoms with van der Waals surface area (Å²) in [6, 6.07) is 13.6. The Hall–Kier alpha value is -2.93. The topological polar surface area (TPSA) is 65.2 Å². The van der Waals surface area contributed by atoms with Crippen LogP contribution in [0.4, 0.5) is 4.39 Å². The van der Waals surface area contributed by atoms with Crippen LogP contribution in [0.1, 0.15) is 5.56 Å². The number of halogens is 1. The maximum Gasteiger partial charge on any atom is 0.316 e. The Kier molecular flexibility index (Phi) is 4.53. The lowest BCUT2D eigenvalue weighted by molar-refractivity contribution is -0.141. The minimum Gasteiger partial charge on any atom is -0.460 e. The Morgan fingerprint density at radius 3 is 2.92 bits per heavy atom. The van der Waals surface area contributed by atoms with Gasteiger partial charge in [0.15, 0.2) is 5.58 Å². The van der Waals surface area contributed by atoms with Gasteiger partial charge in [0.05, 0.1) is 5.52 Å². The number of esters is 1. The molecule has 26 heavy (non-hydrogen) atoms. The minimum atomic E-state index is -0.411. The van der Waals surface area contributed by atoms with Gasteiger partial charge in [0.1, 0.15) is 23.7 Å². The van der Waals surface area contributed by atoms with E-state index in [1.807, 2.05) is 24.3 Å². The molecular weight excluding hydrogens is 355 g/mol. The van der Waals surface area contributed by atoms with Crippen molar-refractivity contribution >= 4 is 39.7 Å². The molecule has 0 radical (unpaired) electrons. The number of para-hydroxylation sites is 2. The van der Waals surface area contributed by atoms with Crippen molar-refractivity contribution in [3.8, 4) is 0 Å². The van der Waals surface area contributed by atoms with Crippen molar-refractivity contribution in [2.75, 3.05) is 5.75 Å². The second kappa shape index (κ2) is 7.13. The van der Waals surface area contributed by atoms with Gasteiger partial charge in [-0.15, -0.1) is 0 Å². The average molecular weight is 368 g/mol. The number of carbonyl (C=O) groups is 1. The summed E-state index contributed by atoms with van der Waals surface area (Å²) in [6.45, 7) is 0.0285. The molecule has 2 aromatic carbocycles. The first-order chi connectivity index (χ1) is 12.7. The number of hydrogen-bond acceptors (Lipinski definition) is 6. The van der Waals surface area contributed by atoms with Gasteiger partial charge in [0.2, 0.25) is 0 Å². The predicted octanol–water partition coefficient (Wildman–Crippen LogP) is 4.35. The lowest BCUT2D eigenvalue weighted by atomic mass is 10.1. The van der Waals surface area contributed by atoms with Gasteiger partial charge >= 0.3 is 5.97 Å². The molecule has 0 aliphatic carbocycles. The number of nitrogens with zero attached hydrogens (tertiary/aromatic N) is 2. The van der Waals surface area contributed by atoms with E-state index in [0.717, 1.165) is 5.52 Å². The molecule has 4 aromatic rings. The molecule has 0 fully saturated rings. The molecule has 0 spiro atoms. The number of aromatic nitrogens is 2. The Bertz CT molecular complexity index is 1060. The van der Waals surface area contributed by atoms with Crippen LogP contribution in [-0.2, 0) is 16.1 Å². The van der Waals surface area contributed by atoms with Crippen molar-refractivity contribution < 1.29 is 18.3 Å². The molecule has 2 aromatic heterocycles. The van der Waals surface area contributed by atoms with Crippen LogP contribution in [0.2, 0.25) is 0 Å². The zero-order chi connectivity index (χ0) is 17.9. The number of pyridine rings is 1. The van der Waals surface area contributed by atoms with E-state index in [9.17, 15) is 9.18 Å². The summed E-state index contributed by atoms with van der Waals surface area (Å²) in [6.07, 6.45) is 1.58. The summed E-state index contributed by atoms with van der Waals surface area (Å²) in [5, 5.41) is 0.818. The van der Waals surface area contributed by atoms with E-state index in [4.69, 9.17) is 9.15 Å². The largest absolute Gasteiger partial charge is 0.460 e. The first-order valence-electron chi connectivity index (χ1n) is 7.87. The van der Waals surface area contributed by atoms with Gasteiger partial charge < -0.3 is 9.15 Å². The van der Waals surface area contributed by atoms with Gasteiger partial charge in [-0.05, 0) is 30.3 Å². The molecule has 2 heterocycles. The molecule has 5 nitrogen and oxygen atoms in total. The molecule has 0 amide bonds. The fourth-order valence-electron chi connectivity index (χ4n) is 2.55. The van der Waals surface area contributed by atoms with E-state index in [0.29, 0.717) is 27.3 Å². The van der Waals surface area contributed by atoms with Crippen LogP contribution in [0, 0.1) is 5.82 Å². The normalized spacial score (nSPS) is 11.1. The lowest BCUT2D eigenvalue weighted by Gasteiger charge is -2.07. The highest BCUT2D eigenvalue weighted by molar-refractivity contribution is 7.99. The van der Waals surface area contributed by atoms with Crippen LogP contribution in [0.3, 0.4) is 0 Å². The van der Waals surface area contributed by atoms with E-state index in [2.05, 4.69) is 9.97 Å². The van der Waals surface area contributed by atoms with Crippen molar-refractivity contribution in [2.45, 2.75) is 11.8 Å². The van der Waals surface area contributed by atoms with Gasteiger partial charge in [0.25, 0.3) is 5.22 Å². The third-order valence-electron chi connectivity index (χ3n) is 3.78. The highest BCUT2D eigenvalue weighted by atomic mass is 32.2. The van der Waals surface area contributed by atoms with E-state index in [1.165, 1.54) is 17.8 Å². The van der Waals surface area contributed by atoms with Crippen LogP contribution in [0.15, 0.2) is 64.4 Å². The van der Waals surface area contributed by atoms with Crippen LogP contribution >= 0.6 is 11.8 Å². The quantitative estimate of drug-likeness (QED) is 0.385. The average Bonchev–Trinajstić information content (AvgIpc) is 3.09. The number of carbonyl (C=O) groups excluding carboxylic acids is 1. The molecule has 0 saturated carbocycles. The molecule has 0 aliphatic rings. The van der Waals surface area contributed by atoms with Crippen LogP contribution in [0.5, 0.6) is 0 Å². The Morgan fingerprint density at radius 2 is 2.04 bits per heavy atom. The first kappa shape index (κ1) is 16.5. The van der Waals surface area contributed by atoms with Crippen molar-refractivity contribution in [2.24, 2.45) is 0 Å². The SMILES string of the molecule is O=C(CSc1nc2ccccc2o1)OCc1ccc(F)c2cccnc12. The number of benzene rings is 2. The zero-order valence-corrected chi connectivity index (χ0v) is 14.3. The van der Waals surface area contributed by atoms with Crippen molar-refractivity contribution in [3.63, 3.8) is 0 Å². The third-order valence-corrected chi connectivity index (χ3v) is 4.58. The summed E-state index contributed by atoms with van der Waals surface area (Å²) in [7, 11) is 0. The summed E-state index contributed by atoms with van der Waals surface area (Å²) >= 11 is 1.17. The molecule has 0 aliphatic heterocycles. The highest BCUT2D eigenvalue weighted by Gasteiger charge is 2.12. The van der Waals surface area contributed by atoms with Crippen LogP contribution in [-0.4, -0.2) is 21.7 Å².